The van der Waals surface area contributed by atoms with E-state index in [1.165, 1.54) is 30.4 Å². The average molecular weight is 368 g/mol. The van der Waals surface area contributed by atoms with E-state index in [0.717, 1.165) is 16.0 Å². The Balaban J connectivity index is 1.82. The number of benzene rings is 2. The molecule has 0 unspecified atom stereocenters. The Kier molecular flexibility index (Phi) is 5.14. The smallest absolute Gasteiger partial charge is 0.265 e. The van der Waals surface area contributed by atoms with Crippen LogP contribution >= 0.6 is 11.3 Å². The number of nitrogens with one attached hydrogen (secondary N) is 2. The summed E-state index contributed by atoms with van der Waals surface area (Å²) in [4.78, 5) is 25.3. The minimum Gasteiger partial charge on any atom is -0.325 e. The van der Waals surface area contributed by atoms with E-state index in [1.807, 2.05) is 19.1 Å². The van der Waals surface area contributed by atoms with Crippen LogP contribution in [0.15, 0.2) is 54.6 Å². The fourth-order valence-electron chi connectivity index (χ4n) is 2.47. The first-order valence-electron chi connectivity index (χ1n) is 7.98. The van der Waals surface area contributed by atoms with Crippen molar-refractivity contribution in [3.63, 3.8) is 0 Å². The van der Waals surface area contributed by atoms with E-state index in [4.69, 9.17) is 0 Å². The lowest BCUT2D eigenvalue weighted by atomic mass is 10.2. The van der Waals surface area contributed by atoms with E-state index < -0.39 is 0 Å². The Morgan fingerprint density at radius 3 is 2.35 bits per heavy atom. The highest BCUT2D eigenvalue weighted by Gasteiger charge is 2.13. The molecule has 0 radical (unpaired) electrons. The number of anilines is 2. The van der Waals surface area contributed by atoms with Gasteiger partial charge in [-0.2, -0.15) is 0 Å². The van der Waals surface area contributed by atoms with Crippen LogP contribution in [0.1, 0.15) is 22.2 Å². The molecule has 0 saturated heterocycles. The van der Waals surface area contributed by atoms with Crippen LogP contribution in [0.25, 0.3) is 10.4 Å². The molecule has 1 heterocycles. The molecule has 3 aromatic rings. The number of amides is 2. The van der Waals surface area contributed by atoms with Gasteiger partial charge in [-0.25, -0.2) is 4.39 Å². The second-order valence-electron chi connectivity index (χ2n) is 5.86. The first-order valence-corrected chi connectivity index (χ1v) is 8.79. The van der Waals surface area contributed by atoms with E-state index in [0.29, 0.717) is 16.3 Å². The Bertz CT molecular complexity index is 964. The van der Waals surface area contributed by atoms with Gasteiger partial charge in [-0.15, -0.1) is 11.3 Å². The minimum atomic E-state index is -0.298. The molecule has 132 valence electrons. The molecule has 0 aliphatic carbocycles. The Morgan fingerprint density at radius 2 is 1.65 bits per heavy atom. The number of halogens is 1. The highest BCUT2D eigenvalue weighted by molar-refractivity contribution is 7.17. The summed E-state index contributed by atoms with van der Waals surface area (Å²) < 4.78 is 13.0. The molecule has 0 spiro atoms. The quantitative estimate of drug-likeness (QED) is 0.675. The highest BCUT2D eigenvalue weighted by Crippen LogP contribution is 2.30. The number of aryl methyl sites for hydroxylation is 1. The Hall–Kier alpha value is -2.99. The van der Waals surface area contributed by atoms with Gasteiger partial charge < -0.3 is 10.6 Å². The van der Waals surface area contributed by atoms with Gasteiger partial charge in [0.1, 0.15) is 5.82 Å². The van der Waals surface area contributed by atoms with Crippen molar-refractivity contribution in [2.24, 2.45) is 0 Å². The lowest BCUT2D eigenvalue weighted by Crippen LogP contribution is -2.14. The lowest BCUT2D eigenvalue weighted by Gasteiger charge is -2.11. The number of hydrogen-bond acceptors (Lipinski definition) is 3. The van der Waals surface area contributed by atoms with Crippen LogP contribution < -0.4 is 10.6 Å². The third kappa shape index (κ3) is 4.15. The molecule has 2 aromatic carbocycles. The molecule has 6 heteroatoms. The maximum Gasteiger partial charge on any atom is 0.265 e. The largest absolute Gasteiger partial charge is 0.325 e. The van der Waals surface area contributed by atoms with Gasteiger partial charge in [0.15, 0.2) is 0 Å². The van der Waals surface area contributed by atoms with Crippen molar-refractivity contribution in [2.45, 2.75) is 13.8 Å². The van der Waals surface area contributed by atoms with E-state index in [1.54, 1.807) is 30.3 Å². The fraction of sp³-hybridized carbons (Fsp3) is 0.100. The summed E-state index contributed by atoms with van der Waals surface area (Å²) in [6, 6.07) is 15.1. The van der Waals surface area contributed by atoms with Crippen molar-refractivity contribution < 1.29 is 14.0 Å². The number of rotatable bonds is 4. The molecular weight excluding hydrogens is 351 g/mol. The maximum atomic E-state index is 13.0. The summed E-state index contributed by atoms with van der Waals surface area (Å²) in [7, 11) is 0. The van der Waals surface area contributed by atoms with Crippen LogP contribution in [0.4, 0.5) is 15.8 Å². The number of carbonyl (C=O) groups is 2. The van der Waals surface area contributed by atoms with Crippen molar-refractivity contribution in [3.05, 3.63) is 70.9 Å². The van der Waals surface area contributed by atoms with Gasteiger partial charge in [-0.05, 0) is 54.4 Å². The van der Waals surface area contributed by atoms with Gasteiger partial charge in [-0.3, -0.25) is 9.59 Å². The lowest BCUT2D eigenvalue weighted by molar-refractivity contribution is -0.114. The molecule has 2 amide bonds. The summed E-state index contributed by atoms with van der Waals surface area (Å²) in [5, 5.41) is 5.55. The first kappa shape index (κ1) is 17.8. The summed E-state index contributed by atoms with van der Waals surface area (Å²) >= 11 is 1.32. The van der Waals surface area contributed by atoms with Gasteiger partial charge in [-0.1, -0.05) is 18.2 Å². The molecule has 0 aliphatic rings. The van der Waals surface area contributed by atoms with Gasteiger partial charge in [0.05, 0.1) is 16.3 Å². The van der Waals surface area contributed by atoms with Gasteiger partial charge in [0, 0.05) is 11.8 Å². The molecule has 2 N–H and O–H groups in total. The summed E-state index contributed by atoms with van der Waals surface area (Å²) in [6.45, 7) is 3.32. The second-order valence-corrected chi connectivity index (χ2v) is 6.94. The van der Waals surface area contributed by atoms with Crippen LogP contribution in [0, 0.1) is 12.7 Å². The van der Waals surface area contributed by atoms with Gasteiger partial charge in [0.2, 0.25) is 5.91 Å². The topological polar surface area (TPSA) is 58.2 Å². The molecule has 0 saturated carbocycles. The van der Waals surface area contributed by atoms with Crippen molar-refractivity contribution in [2.75, 3.05) is 10.6 Å². The zero-order valence-corrected chi connectivity index (χ0v) is 15.1. The van der Waals surface area contributed by atoms with Crippen LogP contribution in [0.2, 0.25) is 0 Å². The third-order valence-electron chi connectivity index (χ3n) is 3.69. The number of thiophene rings is 1. The van der Waals surface area contributed by atoms with Crippen LogP contribution in [-0.2, 0) is 4.79 Å². The summed E-state index contributed by atoms with van der Waals surface area (Å²) in [5.41, 5.74) is 2.91. The maximum absolute atomic E-state index is 13.0. The van der Waals surface area contributed by atoms with Crippen LogP contribution in [0.5, 0.6) is 0 Å². The molecule has 0 bridgehead atoms. The third-order valence-corrected chi connectivity index (χ3v) is 4.83. The van der Waals surface area contributed by atoms with E-state index >= 15 is 0 Å². The second kappa shape index (κ2) is 7.49. The molecule has 0 aliphatic heterocycles. The van der Waals surface area contributed by atoms with E-state index in [-0.39, 0.29) is 17.6 Å². The van der Waals surface area contributed by atoms with Crippen LogP contribution in [-0.4, -0.2) is 11.8 Å². The molecule has 0 fully saturated rings. The van der Waals surface area contributed by atoms with Crippen molar-refractivity contribution in [1.29, 1.82) is 0 Å². The predicted octanol–water partition coefficient (Wildman–Crippen LogP) is 5.07. The van der Waals surface area contributed by atoms with Crippen molar-refractivity contribution in [1.82, 2.24) is 0 Å². The zero-order valence-electron chi connectivity index (χ0n) is 14.3. The zero-order chi connectivity index (χ0) is 18.7. The van der Waals surface area contributed by atoms with Crippen molar-refractivity contribution in [3.8, 4) is 10.4 Å². The number of carbonyl (C=O) groups excluding carboxylic acids is 2. The van der Waals surface area contributed by atoms with E-state index in [2.05, 4.69) is 10.6 Å². The monoisotopic (exact) mass is 368 g/mol. The van der Waals surface area contributed by atoms with Crippen molar-refractivity contribution >= 4 is 34.5 Å². The summed E-state index contributed by atoms with van der Waals surface area (Å²) in [6.07, 6.45) is 0. The SMILES string of the molecule is CC(=O)Nc1ccc(C)cc1NC(=O)c1ccc(-c2ccc(F)cc2)s1. The van der Waals surface area contributed by atoms with Gasteiger partial charge in [0.25, 0.3) is 5.91 Å². The highest BCUT2D eigenvalue weighted by atomic mass is 32.1. The molecule has 3 rings (SSSR count). The average Bonchev–Trinajstić information content (AvgIpc) is 3.08. The Labute approximate surface area is 154 Å². The van der Waals surface area contributed by atoms with Gasteiger partial charge >= 0.3 is 0 Å². The minimum absolute atomic E-state index is 0.209. The fourth-order valence-corrected chi connectivity index (χ4v) is 3.38. The molecular formula is C20H17FN2O2S. The van der Waals surface area contributed by atoms with Crippen LogP contribution in [0.3, 0.4) is 0 Å². The molecule has 4 nitrogen and oxygen atoms in total. The standard InChI is InChI=1S/C20H17FN2O2S/c1-12-3-8-16(22-13(2)24)17(11-12)23-20(25)19-10-9-18(26-19)14-4-6-15(21)7-5-14/h3-11H,1-2H3,(H,22,24)(H,23,25). The Morgan fingerprint density at radius 1 is 0.923 bits per heavy atom. The molecule has 1 aromatic heterocycles. The predicted molar refractivity (Wildman–Crippen MR) is 103 cm³/mol. The molecule has 26 heavy (non-hydrogen) atoms. The summed E-state index contributed by atoms with van der Waals surface area (Å²) in [5.74, 6) is -0.771. The normalized spacial score (nSPS) is 10.4. The first-order chi connectivity index (χ1) is 12.4. The number of hydrogen-bond donors (Lipinski definition) is 2. The molecule has 0 atom stereocenters. The van der Waals surface area contributed by atoms with E-state index in [9.17, 15) is 14.0 Å².